The van der Waals surface area contributed by atoms with Gasteiger partial charge in [-0.3, -0.25) is 13.9 Å². The molecule has 1 saturated heterocycles. The highest BCUT2D eigenvalue weighted by molar-refractivity contribution is 6.35. The molecule has 23 heavy (non-hydrogen) atoms. The monoisotopic (exact) mass is 358 g/mol. The highest BCUT2D eigenvalue weighted by Gasteiger charge is 2.22. The number of aromatic nitrogens is 2. The topological polar surface area (TPSA) is 53.2 Å². The number of hydrogen-bond acceptors (Lipinski definition) is 3. The maximum atomic E-state index is 14.0. The fraction of sp³-hybridized carbons (Fsp3) is 0.333. The van der Waals surface area contributed by atoms with E-state index in [1.807, 2.05) is 0 Å². The maximum absolute atomic E-state index is 14.0. The lowest BCUT2D eigenvalue weighted by atomic mass is 10.2. The average Bonchev–Trinajstić information content (AvgIpc) is 3.04. The summed E-state index contributed by atoms with van der Waals surface area (Å²) in [6.45, 7) is 0.287. The van der Waals surface area contributed by atoms with E-state index in [0.717, 1.165) is 21.8 Å². The first-order valence-electron chi connectivity index (χ1n) is 7.05. The quantitative estimate of drug-likeness (QED) is 0.847. The molecule has 0 radical (unpaired) electrons. The van der Waals surface area contributed by atoms with E-state index in [1.54, 1.807) is 18.2 Å². The van der Waals surface area contributed by atoms with E-state index in [2.05, 4.69) is 0 Å². The Bertz CT molecular complexity index is 837. The Labute approximate surface area is 140 Å². The molecule has 0 unspecified atom stereocenters. The van der Waals surface area contributed by atoms with Crippen molar-refractivity contribution in [3.8, 4) is 0 Å². The van der Waals surface area contributed by atoms with Crippen LogP contribution in [0.1, 0.15) is 24.6 Å². The summed E-state index contributed by atoms with van der Waals surface area (Å²) < 4.78 is 21.2. The Morgan fingerprint density at radius 1 is 1.26 bits per heavy atom. The summed E-state index contributed by atoms with van der Waals surface area (Å²) in [5.41, 5.74) is -1.28. The van der Waals surface area contributed by atoms with Crippen molar-refractivity contribution in [2.75, 3.05) is 6.61 Å². The first-order valence-corrected chi connectivity index (χ1v) is 7.80. The molecule has 122 valence electrons. The summed E-state index contributed by atoms with van der Waals surface area (Å²) in [4.78, 5) is 24.6. The van der Waals surface area contributed by atoms with Crippen molar-refractivity contribution in [2.24, 2.45) is 0 Å². The summed E-state index contributed by atoms with van der Waals surface area (Å²) in [6, 6.07) is 4.82. The number of halogens is 3. The zero-order chi connectivity index (χ0) is 16.6. The lowest BCUT2D eigenvalue weighted by molar-refractivity contribution is 0.0504. The van der Waals surface area contributed by atoms with Crippen molar-refractivity contribution in [3.05, 3.63) is 66.7 Å². The molecule has 1 aromatic heterocycles. The molecule has 2 aromatic rings. The van der Waals surface area contributed by atoms with Crippen molar-refractivity contribution in [1.82, 2.24) is 9.13 Å². The van der Waals surface area contributed by atoms with E-state index < -0.39 is 23.3 Å². The number of ether oxygens (including phenoxy) is 1. The molecular formula is C15H13Cl2FN2O3. The van der Waals surface area contributed by atoms with Gasteiger partial charge in [0.05, 0.1) is 12.7 Å². The third-order valence-electron chi connectivity index (χ3n) is 3.75. The van der Waals surface area contributed by atoms with Gasteiger partial charge in [-0.2, -0.15) is 4.39 Å². The molecule has 0 bridgehead atoms. The molecule has 0 spiro atoms. The van der Waals surface area contributed by atoms with Crippen molar-refractivity contribution >= 4 is 23.2 Å². The second-order valence-electron chi connectivity index (χ2n) is 5.23. The number of nitrogens with zero attached hydrogens (tertiary/aromatic N) is 2. The van der Waals surface area contributed by atoms with E-state index in [1.165, 1.54) is 0 Å². The number of rotatable bonds is 3. The molecule has 0 aliphatic carbocycles. The molecule has 0 saturated carbocycles. The lowest BCUT2D eigenvalue weighted by Crippen LogP contribution is -2.42. The Kier molecular flexibility index (Phi) is 4.57. The van der Waals surface area contributed by atoms with Gasteiger partial charge in [0.1, 0.15) is 6.23 Å². The number of benzene rings is 1. The van der Waals surface area contributed by atoms with Gasteiger partial charge in [-0.05, 0) is 25.0 Å². The third kappa shape index (κ3) is 3.06. The van der Waals surface area contributed by atoms with Gasteiger partial charge in [-0.15, -0.1) is 0 Å². The van der Waals surface area contributed by atoms with Gasteiger partial charge in [0.25, 0.3) is 5.56 Å². The van der Waals surface area contributed by atoms with Crippen molar-refractivity contribution < 1.29 is 9.13 Å². The van der Waals surface area contributed by atoms with Crippen molar-refractivity contribution in [2.45, 2.75) is 25.6 Å². The predicted molar refractivity (Wildman–Crippen MR) is 84.7 cm³/mol. The average molecular weight is 359 g/mol. The van der Waals surface area contributed by atoms with Crippen LogP contribution in [0.3, 0.4) is 0 Å². The first kappa shape index (κ1) is 16.2. The van der Waals surface area contributed by atoms with Crippen LogP contribution in [-0.2, 0) is 11.3 Å². The summed E-state index contributed by atoms with van der Waals surface area (Å²) in [6.07, 6.45) is 1.69. The molecular weight excluding hydrogens is 346 g/mol. The molecule has 0 amide bonds. The van der Waals surface area contributed by atoms with E-state index >= 15 is 0 Å². The fourth-order valence-corrected chi connectivity index (χ4v) is 3.07. The molecule has 1 aromatic carbocycles. The van der Waals surface area contributed by atoms with Gasteiger partial charge < -0.3 is 4.74 Å². The number of hydrogen-bond donors (Lipinski definition) is 0. The Balaban J connectivity index is 2.12. The van der Waals surface area contributed by atoms with E-state index in [4.69, 9.17) is 27.9 Å². The van der Waals surface area contributed by atoms with Crippen LogP contribution in [0.4, 0.5) is 4.39 Å². The van der Waals surface area contributed by atoms with E-state index in [-0.39, 0.29) is 6.54 Å². The van der Waals surface area contributed by atoms with Gasteiger partial charge >= 0.3 is 5.69 Å². The maximum Gasteiger partial charge on any atom is 0.333 e. The third-order valence-corrected chi connectivity index (χ3v) is 4.46. The minimum atomic E-state index is -1.02. The molecule has 5 nitrogen and oxygen atoms in total. The standard InChI is InChI=1S/C15H13Cl2FN2O3/c16-10-3-1-4-11(17)9(10)7-20-14(21)12(18)8-19(15(20)22)13-5-2-6-23-13/h1,3-4,8,13H,2,5-7H2/t13-/m1/s1. The molecule has 3 rings (SSSR count). The van der Waals surface area contributed by atoms with Crippen molar-refractivity contribution in [1.29, 1.82) is 0 Å². The largest absolute Gasteiger partial charge is 0.358 e. The van der Waals surface area contributed by atoms with Crippen LogP contribution in [0.5, 0.6) is 0 Å². The van der Waals surface area contributed by atoms with Gasteiger partial charge in [0.2, 0.25) is 5.82 Å². The van der Waals surface area contributed by atoms with Gasteiger partial charge in [-0.25, -0.2) is 4.79 Å². The van der Waals surface area contributed by atoms with Gasteiger partial charge in [-0.1, -0.05) is 29.3 Å². The minimum absolute atomic E-state index is 0.208. The van der Waals surface area contributed by atoms with Gasteiger partial charge in [0, 0.05) is 22.2 Å². The molecule has 1 atom stereocenters. The van der Waals surface area contributed by atoms with Crippen LogP contribution in [-0.4, -0.2) is 15.7 Å². The van der Waals surface area contributed by atoms with Crippen LogP contribution in [0.25, 0.3) is 0 Å². The second-order valence-corrected chi connectivity index (χ2v) is 6.04. The second kappa shape index (κ2) is 6.47. The molecule has 1 aliphatic heterocycles. The van der Waals surface area contributed by atoms with Crippen LogP contribution in [0.2, 0.25) is 10.0 Å². The van der Waals surface area contributed by atoms with Crippen molar-refractivity contribution in [3.63, 3.8) is 0 Å². The van der Waals surface area contributed by atoms with Crippen LogP contribution in [0.15, 0.2) is 34.0 Å². The SMILES string of the molecule is O=c1c(F)cn([C@H]2CCCO2)c(=O)n1Cc1c(Cl)cccc1Cl. The zero-order valence-electron chi connectivity index (χ0n) is 12.0. The molecule has 2 heterocycles. The molecule has 0 N–H and O–H groups in total. The fourth-order valence-electron chi connectivity index (χ4n) is 2.56. The summed E-state index contributed by atoms with van der Waals surface area (Å²) in [5.74, 6) is -1.02. The molecule has 1 fully saturated rings. The summed E-state index contributed by atoms with van der Waals surface area (Å²) in [5, 5.41) is 0.605. The summed E-state index contributed by atoms with van der Waals surface area (Å²) in [7, 11) is 0. The van der Waals surface area contributed by atoms with Crippen LogP contribution >= 0.6 is 23.2 Å². The highest BCUT2D eigenvalue weighted by atomic mass is 35.5. The minimum Gasteiger partial charge on any atom is -0.358 e. The Hall–Kier alpha value is -1.63. The summed E-state index contributed by atoms with van der Waals surface area (Å²) >= 11 is 12.1. The Morgan fingerprint density at radius 3 is 2.57 bits per heavy atom. The Morgan fingerprint density at radius 2 is 1.96 bits per heavy atom. The smallest absolute Gasteiger partial charge is 0.333 e. The van der Waals surface area contributed by atoms with Crippen LogP contribution in [0, 0.1) is 5.82 Å². The van der Waals surface area contributed by atoms with E-state index in [0.29, 0.717) is 28.6 Å². The lowest BCUT2D eigenvalue weighted by Gasteiger charge is -2.16. The first-order chi connectivity index (χ1) is 11.0. The van der Waals surface area contributed by atoms with Crippen LogP contribution < -0.4 is 11.2 Å². The molecule has 8 heteroatoms. The van der Waals surface area contributed by atoms with E-state index in [9.17, 15) is 14.0 Å². The normalized spacial score (nSPS) is 17.6. The molecule has 1 aliphatic rings. The zero-order valence-corrected chi connectivity index (χ0v) is 13.5. The van der Waals surface area contributed by atoms with Gasteiger partial charge in [0.15, 0.2) is 0 Å². The highest BCUT2D eigenvalue weighted by Crippen LogP contribution is 2.25. The predicted octanol–water partition coefficient (Wildman–Crippen LogP) is 2.81.